The summed E-state index contributed by atoms with van der Waals surface area (Å²) in [6, 6.07) is 1.83. The van der Waals surface area contributed by atoms with E-state index in [-0.39, 0.29) is 11.9 Å². The van der Waals surface area contributed by atoms with Gasteiger partial charge in [0.1, 0.15) is 0 Å². The van der Waals surface area contributed by atoms with E-state index < -0.39 is 0 Å². The fraction of sp³-hybridized carbons (Fsp3) is 0.571. The SMILES string of the molecule is CCOC(=O)N1CCN(CC(=O)c2ccn(C)c2)CC1. The molecule has 0 N–H and O–H groups in total. The Morgan fingerprint density at radius 3 is 2.50 bits per heavy atom. The quantitative estimate of drug-likeness (QED) is 0.771. The third-order valence-corrected chi connectivity index (χ3v) is 3.42. The molecule has 1 fully saturated rings. The van der Waals surface area contributed by atoms with Crippen molar-refractivity contribution < 1.29 is 14.3 Å². The summed E-state index contributed by atoms with van der Waals surface area (Å²) < 4.78 is 6.84. The van der Waals surface area contributed by atoms with Crippen LogP contribution in [0.1, 0.15) is 17.3 Å². The van der Waals surface area contributed by atoms with E-state index in [1.807, 2.05) is 30.1 Å². The van der Waals surface area contributed by atoms with Crippen molar-refractivity contribution >= 4 is 11.9 Å². The van der Waals surface area contributed by atoms with Crippen LogP contribution < -0.4 is 0 Å². The van der Waals surface area contributed by atoms with Crippen LogP contribution in [0.4, 0.5) is 4.79 Å². The second-order valence-electron chi connectivity index (χ2n) is 4.95. The Hall–Kier alpha value is -1.82. The molecule has 20 heavy (non-hydrogen) atoms. The number of aryl methyl sites for hydroxylation is 1. The molecule has 6 heteroatoms. The van der Waals surface area contributed by atoms with Crippen LogP contribution in [-0.2, 0) is 11.8 Å². The molecule has 1 aromatic heterocycles. The summed E-state index contributed by atoms with van der Waals surface area (Å²) >= 11 is 0. The normalized spacial score (nSPS) is 16.2. The van der Waals surface area contributed by atoms with Crippen LogP contribution in [0.5, 0.6) is 0 Å². The largest absolute Gasteiger partial charge is 0.450 e. The maximum atomic E-state index is 12.1. The van der Waals surface area contributed by atoms with E-state index >= 15 is 0 Å². The molecule has 1 aromatic rings. The molecule has 0 spiro atoms. The number of piperazine rings is 1. The van der Waals surface area contributed by atoms with Crippen LogP contribution in [0, 0.1) is 0 Å². The van der Waals surface area contributed by atoms with E-state index in [0.717, 1.165) is 5.56 Å². The monoisotopic (exact) mass is 279 g/mol. The van der Waals surface area contributed by atoms with Crippen molar-refractivity contribution in [2.24, 2.45) is 7.05 Å². The third kappa shape index (κ3) is 3.60. The van der Waals surface area contributed by atoms with Crippen molar-refractivity contribution in [1.82, 2.24) is 14.4 Å². The zero-order chi connectivity index (χ0) is 14.5. The van der Waals surface area contributed by atoms with E-state index in [9.17, 15) is 9.59 Å². The van der Waals surface area contributed by atoms with E-state index in [1.54, 1.807) is 11.8 Å². The van der Waals surface area contributed by atoms with Crippen LogP contribution in [0.2, 0.25) is 0 Å². The molecule has 0 unspecified atom stereocenters. The average Bonchev–Trinajstić information content (AvgIpc) is 2.86. The van der Waals surface area contributed by atoms with Crippen molar-refractivity contribution in [1.29, 1.82) is 0 Å². The van der Waals surface area contributed by atoms with Gasteiger partial charge in [-0.3, -0.25) is 9.69 Å². The molecule has 1 aliphatic heterocycles. The number of amides is 1. The zero-order valence-electron chi connectivity index (χ0n) is 12.0. The van der Waals surface area contributed by atoms with E-state index in [4.69, 9.17) is 4.74 Å². The van der Waals surface area contributed by atoms with E-state index in [0.29, 0.717) is 39.3 Å². The van der Waals surface area contributed by atoms with Crippen LogP contribution in [-0.4, -0.2) is 65.6 Å². The lowest BCUT2D eigenvalue weighted by Crippen LogP contribution is -2.50. The number of aromatic nitrogens is 1. The van der Waals surface area contributed by atoms with Gasteiger partial charge in [0, 0.05) is 51.2 Å². The molecule has 0 bridgehead atoms. The number of ketones is 1. The van der Waals surface area contributed by atoms with Gasteiger partial charge in [0.25, 0.3) is 0 Å². The first-order valence-electron chi connectivity index (χ1n) is 6.89. The summed E-state index contributed by atoms with van der Waals surface area (Å²) in [5, 5.41) is 0. The highest BCUT2D eigenvalue weighted by Gasteiger charge is 2.23. The van der Waals surface area contributed by atoms with Crippen molar-refractivity contribution in [3.63, 3.8) is 0 Å². The number of hydrogen-bond donors (Lipinski definition) is 0. The number of carbonyl (C=O) groups excluding carboxylic acids is 2. The van der Waals surface area contributed by atoms with Crippen LogP contribution in [0.15, 0.2) is 18.5 Å². The number of rotatable bonds is 4. The fourth-order valence-electron chi connectivity index (χ4n) is 2.27. The Morgan fingerprint density at radius 2 is 1.95 bits per heavy atom. The van der Waals surface area contributed by atoms with Crippen LogP contribution in [0.25, 0.3) is 0 Å². The molecule has 1 aliphatic rings. The molecule has 0 saturated carbocycles. The second-order valence-corrected chi connectivity index (χ2v) is 4.95. The summed E-state index contributed by atoms with van der Waals surface area (Å²) in [5.41, 5.74) is 0.736. The molecule has 0 aromatic carbocycles. The maximum Gasteiger partial charge on any atom is 0.409 e. The lowest BCUT2D eigenvalue weighted by molar-refractivity contribution is 0.0733. The third-order valence-electron chi connectivity index (χ3n) is 3.42. The molecular weight excluding hydrogens is 258 g/mol. The molecule has 2 rings (SSSR count). The molecule has 1 saturated heterocycles. The second kappa shape index (κ2) is 6.56. The lowest BCUT2D eigenvalue weighted by atomic mass is 10.2. The molecule has 0 radical (unpaired) electrons. The summed E-state index contributed by atoms with van der Waals surface area (Å²) in [7, 11) is 1.90. The van der Waals surface area contributed by atoms with Gasteiger partial charge in [0.05, 0.1) is 13.2 Å². The van der Waals surface area contributed by atoms with Gasteiger partial charge in [-0.15, -0.1) is 0 Å². The van der Waals surface area contributed by atoms with Gasteiger partial charge in [0.15, 0.2) is 5.78 Å². The Balaban J connectivity index is 1.80. The smallest absolute Gasteiger partial charge is 0.409 e. The van der Waals surface area contributed by atoms with Crippen LogP contribution >= 0.6 is 0 Å². The van der Waals surface area contributed by atoms with Crippen molar-refractivity contribution in [2.75, 3.05) is 39.3 Å². The first-order valence-corrected chi connectivity index (χ1v) is 6.89. The molecule has 110 valence electrons. The predicted molar refractivity (Wildman–Crippen MR) is 74.8 cm³/mol. The molecule has 0 atom stereocenters. The number of carbonyl (C=O) groups is 2. The van der Waals surface area contributed by atoms with E-state index in [1.165, 1.54) is 0 Å². The first-order chi connectivity index (χ1) is 9.60. The Kier molecular flexibility index (Phi) is 4.79. The number of hydrogen-bond acceptors (Lipinski definition) is 4. The number of nitrogens with zero attached hydrogens (tertiary/aromatic N) is 3. The Bertz CT molecular complexity index is 476. The standard InChI is InChI=1S/C14H21N3O3/c1-3-20-14(19)17-8-6-16(7-9-17)11-13(18)12-4-5-15(2)10-12/h4-5,10H,3,6-9,11H2,1-2H3. The maximum absolute atomic E-state index is 12.1. The van der Waals surface area contributed by atoms with Gasteiger partial charge in [-0.05, 0) is 13.0 Å². The minimum absolute atomic E-state index is 0.121. The zero-order valence-corrected chi connectivity index (χ0v) is 12.0. The molecule has 2 heterocycles. The van der Waals surface area contributed by atoms with Gasteiger partial charge in [-0.25, -0.2) is 4.79 Å². The first kappa shape index (κ1) is 14.6. The number of Topliss-reactive ketones (excluding diaryl/α,β-unsaturated/α-hetero) is 1. The molecule has 0 aliphatic carbocycles. The number of ether oxygens (including phenoxy) is 1. The molecule has 6 nitrogen and oxygen atoms in total. The van der Waals surface area contributed by atoms with E-state index in [2.05, 4.69) is 4.90 Å². The summed E-state index contributed by atoms with van der Waals surface area (Å²) in [6.07, 6.45) is 3.44. The Morgan fingerprint density at radius 1 is 1.25 bits per heavy atom. The molecule has 1 amide bonds. The molecular formula is C14H21N3O3. The van der Waals surface area contributed by atoms with Crippen molar-refractivity contribution in [3.05, 3.63) is 24.0 Å². The summed E-state index contributed by atoms with van der Waals surface area (Å²) in [4.78, 5) is 27.4. The van der Waals surface area contributed by atoms with Gasteiger partial charge >= 0.3 is 6.09 Å². The van der Waals surface area contributed by atoms with Gasteiger partial charge in [0.2, 0.25) is 0 Å². The van der Waals surface area contributed by atoms with Gasteiger partial charge in [-0.2, -0.15) is 0 Å². The summed E-state index contributed by atoms with van der Waals surface area (Å²) in [6.45, 7) is 5.23. The average molecular weight is 279 g/mol. The highest BCUT2D eigenvalue weighted by atomic mass is 16.6. The van der Waals surface area contributed by atoms with Crippen molar-refractivity contribution in [2.45, 2.75) is 6.92 Å². The van der Waals surface area contributed by atoms with Gasteiger partial charge < -0.3 is 14.2 Å². The lowest BCUT2D eigenvalue weighted by Gasteiger charge is -2.33. The fourth-order valence-corrected chi connectivity index (χ4v) is 2.27. The minimum atomic E-state index is -0.262. The predicted octanol–water partition coefficient (Wildman–Crippen LogP) is 0.982. The topological polar surface area (TPSA) is 54.8 Å². The summed E-state index contributed by atoms with van der Waals surface area (Å²) in [5.74, 6) is 0.121. The Labute approximate surface area is 118 Å². The minimum Gasteiger partial charge on any atom is -0.450 e. The highest BCUT2D eigenvalue weighted by Crippen LogP contribution is 2.07. The van der Waals surface area contributed by atoms with Crippen LogP contribution in [0.3, 0.4) is 0 Å². The highest BCUT2D eigenvalue weighted by molar-refractivity contribution is 5.97. The van der Waals surface area contributed by atoms with Gasteiger partial charge in [-0.1, -0.05) is 0 Å². The van der Waals surface area contributed by atoms with Crippen molar-refractivity contribution in [3.8, 4) is 0 Å².